The summed E-state index contributed by atoms with van der Waals surface area (Å²) in [5.74, 6) is 3.21. The molecule has 11 atom stereocenters. The maximum Gasteiger partial charge on any atom is 0.397 e. The van der Waals surface area contributed by atoms with Crippen LogP contribution in [-0.4, -0.2) is 62.5 Å². The number of nitrogens with two attached hydrogens (primary N) is 1. The van der Waals surface area contributed by atoms with Crippen LogP contribution in [0.15, 0.2) is 0 Å². The molecule has 6 N–H and O–H groups in total. The van der Waals surface area contributed by atoms with E-state index in [1.54, 1.807) is 0 Å². The second-order valence-electron chi connectivity index (χ2n) is 15.9. The van der Waals surface area contributed by atoms with Crippen LogP contribution in [0.25, 0.3) is 0 Å². The highest BCUT2D eigenvalue weighted by Gasteiger charge is 2.62. The van der Waals surface area contributed by atoms with Crippen molar-refractivity contribution in [2.45, 2.75) is 136 Å². The highest BCUT2D eigenvalue weighted by atomic mass is 32.3. The van der Waals surface area contributed by atoms with Gasteiger partial charge in [-0.15, -0.1) is 0 Å². The summed E-state index contributed by atoms with van der Waals surface area (Å²) in [7, 11) is -4.45. The Morgan fingerprint density at radius 3 is 2.30 bits per heavy atom. The number of rotatable bonds is 16. The predicted octanol–water partition coefficient (Wildman–Crippen LogP) is 5.55. The molecule has 4 aliphatic rings. The number of nitrogens with one attached hydrogen (secondary N) is 2. The molecule has 4 aliphatic carbocycles. The average molecular weight is 628 g/mol. The largest absolute Gasteiger partial charge is 0.397 e. The van der Waals surface area contributed by atoms with Crippen LogP contribution in [-0.2, 0) is 14.6 Å². The first kappa shape index (κ1) is 35.6. The molecule has 0 aromatic carbocycles. The molecule has 0 bridgehead atoms. The summed E-state index contributed by atoms with van der Waals surface area (Å²) in [5, 5.41) is 19.2. The Balaban J connectivity index is 1.32. The number of fused-ring (bicyclic) bond motifs is 5. The highest BCUT2D eigenvalue weighted by molar-refractivity contribution is 7.80. The summed E-state index contributed by atoms with van der Waals surface area (Å²) in [4.78, 5) is 0. The van der Waals surface area contributed by atoms with Crippen LogP contribution in [0.5, 0.6) is 0 Å². The average Bonchev–Trinajstić information content (AvgIpc) is 3.29. The number of hydrogen-bond donors (Lipinski definition) is 5. The molecular weight excluding hydrogens is 562 g/mol. The fourth-order valence-electron chi connectivity index (χ4n) is 10.7. The first-order chi connectivity index (χ1) is 20.3. The molecule has 0 saturated heterocycles. The molecule has 0 aromatic heterocycles. The van der Waals surface area contributed by atoms with Crippen molar-refractivity contribution in [1.82, 2.24) is 10.6 Å². The van der Waals surface area contributed by atoms with Gasteiger partial charge in [-0.1, -0.05) is 34.6 Å². The fourth-order valence-corrected chi connectivity index (χ4v) is 11.3. The number of aliphatic hydroxyl groups is 1. The van der Waals surface area contributed by atoms with Gasteiger partial charge in [0.25, 0.3) is 0 Å². The van der Waals surface area contributed by atoms with Crippen molar-refractivity contribution < 1.29 is 22.3 Å². The van der Waals surface area contributed by atoms with E-state index >= 15 is 0 Å². The van der Waals surface area contributed by atoms with Crippen molar-refractivity contribution >= 4 is 10.4 Å². The summed E-state index contributed by atoms with van der Waals surface area (Å²) in [5.41, 5.74) is 6.13. The quantitative estimate of drug-likeness (QED) is 0.111. The van der Waals surface area contributed by atoms with Crippen molar-refractivity contribution in [1.29, 1.82) is 0 Å². The lowest BCUT2D eigenvalue weighted by atomic mass is 9.43. The lowest BCUT2D eigenvalue weighted by Gasteiger charge is -2.62. The molecule has 43 heavy (non-hydrogen) atoms. The normalized spacial score (nSPS) is 39.2. The second-order valence-corrected chi connectivity index (χ2v) is 17.0. The summed E-state index contributed by atoms with van der Waals surface area (Å²) < 4.78 is 37.1. The predicted molar refractivity (Wildman–Crippen MR) is 174 cm³/mol. The minimum atomic E-state index is -4.45. The van der Waals surface area contributed by atoms with Crippen molar-refractivity contribution in [2.24, 2.45) is 58.0 Å². The van der Waals surface area contributed by atoms with Crippen LogP contribution in [0.3, 0.4) is 0 Å². The zero-order chi connectivity index (χ0) is 31.4. The minimum absolute atomic E-state index is 0.0152. The molecule has 0 aliphatic heterocycles. The lowest BCUT2D eigenvalue weighted by Crippen LogP contribution is -2.59. The Morgan fingerprint density at radius 1 is 0.907 bits per heavy atom. The van der Waals surface area contributed by atoms with Crippen LogP contribution in [0, 0.1) is 52.3 Å². The van der Waals surface area contributed by atoms with Crippen LogP contribution in [0.4, 0.5) is 0 Å². The molecule has 8 nitrogen and oxygen atoms in total. The Morgan fingerprint density at radius 2 is 1.60 bits per heavy atom. The second kappa shape index (κ2) is 15.1. The van der Waals surface area contributed by atoms with E-state index in [4.69, 9.17) is 9.92 Å². The third-order valence-electron chi connectivity index (χ3n) is 13.1. The van der Waals surface area contributed by atoms with Gasteiger partial charge in [-0.05, 0) is 162 Å². The topological polar surface area (TPSA) is 134 Å². The van der Waals surface area contributed by atoms with E-state index in [0.29, 0.717) is 53.4 Å². The summed E-state index contributed by atoms with van der Waals surface area (Å²) in [6.07, 6.45) is 13.7. The Hall–Kier alpha value is -0.290. The molecule has 0 heterocycles. The van der Waals surface area contributed by atoms with Gasteiger partial charge in [0, 0.05) is 6.04 Å². The smallest absolute Gasteiger partial charge is 0.393 e. The molecule has 4 rings (SSSR count). The minimum Gasteiger partial charge on any atom is -0.393 e. The van der Waals surface area contributed by atoms with Crippen molar-refractivity contribution in [3.05, 3.63) is 0 Å². The molecule has 4 saturated carbocycles. The number of aliphatic hydroxyl groups excluding tert-OH is 1. The van der Waals surface area contributed by atoms with Crippen molar-refractivity contribution in [3.8, 4) is 0 Å². The zero-order valence-corrected chi connectivity index (χ0v) is 28.7. The molecule has 6 unspecified atom stereocenters. The first-order valence-electron chi connectivity index (χ1n) is 17.8. The van der Waals surface area contributed by atoms with Crippen molar-refractivity contribution in [2.75, 3.05) is 26.2 Å². The molecule has 0 radical (unpaired) electrons. The van der Waals surface area contributed by atoms with Crippen LogP contribution >= 0.6 is 0 Å². The van der Waals surface area contributed by atoms with E-state index in [-0.39, 0.29) is 17.4 Å². The van der Waals surface area contributed by atoms with Gasteiger partial charge < -0.3 is 21.5 Å². The first-order valence-corrected chi connectivity index (χ1v) is 19.1. The Bertz CT molecular complexity index is 981. The van der Waals surface area contributed by atoms with E-state index in [9.17, 15) is 18.1 Å². The van der Waals surface area contributed by atoms with Gasteiger partial charge in [0.2, 0.25) is 0 Å². The summed E-state index contributed by atoms with van der Waals surface area (Å²) in [6.45, 7) is 15.3. The van der Waals surface area contributed by atoms with Gasteiger partial charge in [0.05, 0.1) is 12.2 Å². The van der Waals surface area contributed by atoms with Gasteiger partial charge in [-0.3, -0.25) is 4.55 Å². The third kappa shape index (κ3) is 8.36. The molecule has 0 aromatic rings. The van der Waals surface area contributed by atoms with E-state index in [0.717, 1.165) is 58.3 Å². The zero-order valence-electron chi connectivity index (χ0n) is 27.9. The fraction of sp³-hybridized carbons (Fsp3) is 1.00. The van der Waals surface area contributed by atoms with Gasteiger partial charge >= 0.3 is 10.4 Å². The van der Waals surface area contributed by atoms with Gasteiger partial charge in [-0.25, -0.2) is 4.18 Å². The standard InChI is InChI=1S/C34H65N3O5S/c1-23(2)31(42-43(39,40)41)12-9-24(3)27-10-11-28-32-29(14-16-34(27,28)5)33(4)15-13-26(21-25(33)22-30(32)38)37-20-8-19-36-18-7-6-17-35/h23-32,36-38H,6-22,35H2,1-5H3,(H,39,40,41)/t24?,25-,26?,27-,28+,29+,30?,31?,32+,33?,34?/m1/s1. The number of hydrogen-bond acceptors (Lipinski definition) is 7. The van der Waals surface area contributed by atoms with E-state index in [2.05, 4.69) is 31.4 Å². The molecule has 0 amide bonds. The number of unbranched alkanes of at least 4 members (excludes halogenated alkanes) is 1. The third-order valence-corrected chi connectivity index (χ3v) is 13.6. The Labute approximate surface area is 263 Å². The lowest BCUT2D eigenvalue weighted by molar-refractivity contribution is -0.167. The highest BCUT2D eigenvalue weighted by Crippen LogP contribution is 2.68. The Kier molecular flexibility index (Phi) is 12.5. The molecule has 252 valence electrons. The van der Waals surface area contributed by atoms with Crippen LogP contribution < -0.4 is 16.4 Å². The maximum atomic E-state index is 11.8. The van der Waals surface area contributed by atoms with E-state index < -0.39 is 16.5 Å². The summed E-state index contributed by atoms with van der Waals surface area (Å²) in [6, 6.07) is 0.573. The van der Waals surface area contributed by atoms with Gasteiger partial charge in [0.15, 0.2) is 0 Å². The maximum absolute atomic E-state index is 11.8. The van der Waals surface area contributed by atoms with Gasteiger partial charge in [0.1, 0.15) is 0 Å². The molecule has 0 spiro atoms. The molecule has 4 fully saturated rings. The monoisotopic (exact) mass is 627 g/mol. The summed E-state index contributed by atoms with van der Waals surface area (Å²) >= 11 is 0. The van der Waals surface area contributed by atoms with E-state index in [1.165, 1.54) is 44.9 Å². The SMILES string of the molecule is CC(C)C(CCC(C)[C@H]1CC[C@H]2[C@@H]3C(O)C[C@H]4CC(NCCCNCCCCN)CCC4(C)[C@H]3CCC12C)OS(=O)(=O)O. The van der Waals surface area contributed by atoms with Crippen molar-refractivity contribution in [3.63, 3.8) is 0 Å². The van der Waals surface area contributed by atoms with Gasteiger partial charge in [-0.2, -0.15) is 8.42 Å². The van der Waals surface area contributed by atoms with Crippen LogP contribution in [0.1, 0.15) is 118 Å². The molecular formula is C34H65N3O5S. The van der Waals surface area contributed by atoms with E-state index in [1.807, 2.05) is 13.8 Å². The molecule has 9 heteroatoms. The van der Waals surface area contributed by atoms with Crippen LogP contribution in [0.2, 0.25) is 0 Å².